The van der Waals surface area contributed by atoms with Gasteiger partial charge in [0.1, 0.15) is 6.04 Å². The molecule has 0 saturated carbocycles. The van der Waals surface area contributed by atoms with Gasteiger partial charge in [0.25, 0.3) is 6.10 Å². The molecule has 0 bridgehead atoms. The first-order valence-electron chi connectivity index (χ1n) is 9.87. The van der Waals surface area contributed by atoms with Crippen molar-refractivity contribution < 1.29 is 40.6 Å². The first-order valence-corrected chi connectivity index (χ1v) is 10.2. The molecule has 0 radical (unpaired) electrons. The number of carbonyl (C=O) groups is 1. The number of nitrogens with zero attached hydrogens (tertiary/aromatic N) is 2. The summed E-state index contributed by atoms with van der Waals surface area (Å²) in [6, 6.07) is 3.87. The van der Waals surface area contributed by atoms with Crippen molar-refractivity contribution in [2.75, 3.05) is 50.8 Å². The lowest BCUT2D eigenvalue weighted by Crippen LogP contribution is -2.57. The standard InChI is InChI=1S/C19H22ClF6N3O3/c20-13-2-1-3-14(28-6-8-31-9-7-28)12(13)11-29-5-4-27-10-15(29)16(30)32-17(18(21,22)23)19(24,25)26/h1-3,15,17,27H,4-11H2. The van der Waals surface area contributed by atoms with E-state index in [1.807, 2.05) is 11.0 Å². The van der Waals surface area contributed by atoms with Crippen molar-refractivity contribution in [1.82, 2.24) is 10.2 Å². The Hall–Kier alpha value is -1.76. The van der Waals surface area contributed by atoms with Gasteiger partial charge in [0.05, 0.1) is 13.2 Å². The number of alkyl halides is 6. The molecule has 1 N–H and O–H groups in total. The summed E-state index contributed by atoms with van der Waals surface area (Å²) in [6.45, 7) is 2.70. The third-order valence-electron chi connectivity index (χ3n) is 5.26. The summed E-state index contributed by atoms with van der Waals surface area (Å²) in [5.41, 5.74) is 1.40. The molecule has 0 aromatic heterocycles. The molecule has 3 rings (SSSR count). The Morgan fingerprint density at radius 2 is 1.81 bits per heavy atom. The van der Waals surface area contributed by atoms with Gasteiger partial charge < -0.3 is 19.7 Å². The summed E-state index contributed by atoms with van der Waals surface area (Å²) in [5, 5.41) is 3.19. The number of carbonyl (C=O) groups excluding carboxylic acids is 1. The van der Waals surface area contributed by atoms with E-state index in [4.69, 9.17) is 16.3 Å². The van der Waals surface area contributed by atoms with Gasteiger partial charge >= 0.3 is 18.3 Å². The van der Waals surface area contributed by atoms with Crippen LogP contribution in [0.25, 0.3) is 0 Å². The van der Waals surface area contributed by atoms with Crippen LogP contribution in [0.3, 0.4) is 0 Å². The fourth-order valence-electron chi connectivity index (χ4n) is 3.69. The van der Waals surface area contributed by atoms with Gasteiger partial charge in [-0.2, -0.15) is 26.3 Å². The number of halogens is 7. The summed E-state index contributed by atoms with van der Waals surface area (Å²) in [7, 11) is 0. The molecule has 1 aromatic carbocycles. The maximum Gasteiger partial charge on any atom is 0.434 e. The molecule has 2 saturated heterocycles. The van der Waals surface area contributed by atoms with Crippen LogP contribution in [0, 0.1) is 0 Å². The third kappa shape index (κ3) is 5.97. The number of hydrogen-bond donors (Lipinski definition) is 1. The van der Waals surface area contributed by atoms with Crippen molar-refractivity contribution in [3.63, 3.8) is 0 Å². The van der Waals surface area contributed by atoms with E-state index in [1.54, 1.807) is 12.1 Å². The molecule has 0 spiro atoms. The fraction of sp³-hybridized carbons (Fsp3) is 0.632. The largest absolute Gasteiger partial charge is 0.442 e. The van der Waals surface area contributed by atoms with E-state index in [2.05, 4.69) is 10.1 Å². The van der Waals surface area contributed by atoms with Gasteiger partial charge in [0.2, 0.25) is 0 Å². The number of hydrogen-bond acceptors (Lipinski definition) is 6. The highest BCUT2D eigenvalue weighted by atomic mass is 35.5. The molecule has 32 heavy (non-hydrogen) atoms. The monoisotopic (exact) mass is 489 g/mol. The summed E-state index contributed by atoms with van der Waals surface area (Å²) < 4.78 is 86.3. The van der Waals surface area contributed by atoms with E-state index >= 15 is 0 Å². The predicted octanol–water partition coefficient (Wildman–Crippen LogP) is 2.99. The molecule has 2 aliphatic rings. The topological polar surface area (TPSA) is 54.0 Å². The van der Waals surface area contributed by atoms with Crippen molar-refractivity contribution in [3.05, 3.63) is 28.8 Å². The zero-order valence-corrected chi connectivity index (χ0v) is 17.6. The molecular formula is C19H22ClF6N3O3. The van der Waals surface area contributed by atoms with Crippen LogP contribution < -0.4 is 10.2 Å². The minimum atomic E-state index is -5.77. The molecule has 1 unspecified atom stereocenters. The third-order valence-corrected chi connectivity index (χ3v) is 5.62. The highest BCUT2D eigenvalue weighted by Crippen LogP contribution is 2.36. The number of ether oxygens (including phenoxy) is 2. The van der Waals surface area contributed by atoms with Crippen molar-refractivity contribution in [2.45, 2.75) is 31.0 Å². The molecule has 6 nitrogen and oxygen atoms in total. The van der Waals surface area contributed by atoms with Crippen molar-refractivity contribution >= 4 is 23.3 Å². The average molecular weight is 490 g/mol. The molecule has 2 aliphatic heterocycles. The molecule has 1 aromatic rings. The molecule has 2 heterocycles. The summed E-state index contributed by atoms with van der Waals surface area (Å²) in [5.74, 6) is -1.60. The van der Waals surface area contributed by atoms with Crippen molar-refractivity contribution in [3.8, 4) is 0 Å². The van der Waals surface area contributed by atoms with E-state index in [0.717, 1.165) is 5.69 Å². The number of esters is 1. The van der Waals surface area contributed by atoms with E-state index in [1.165, 1.54) is 4.90 Å². The zero-order chi connectivity index (χ0) is 23.5. The van der Waals surface area contributed by atoms with E-state index < -0.39 is 30.5 Å². The van der Waals surface area contributed by atoms with Crippen LogP contribution in [0.1, 0.15) is 5.56 Å². The predicted molar refractivity (Wildman–Crippen MR) is 104 cm³/mol. The Kier molecular flexibility index (Phi) is 7.79. The lowest BCUT2D eigenvalue weighted by atomic mass is 10.1. The Morgan fingerprint density at radius 3 is 2.44 bits per heavy atom. The maximum atomic E-state index is 12.8. The molecule has 0 amide bonds. The van der Waals surface area contributed by atoms with Gasteiger partial charge in [-0.15, -0.1) is 0 Å². The molecule has 2 fully saturated rings. The van der Waals surface area contributed by atoms with Crippen LogP contribution >= 0.6 is 11.6 Å². The van der Waals surface area contributed by atoms with Crippen LogP contribution in [-0.4, -0.2) is 81.3 Å². The first-order chi connectivity index (χ1) is 15.0. The Labute approximate surface area is 185 Å². The zero-order valence-electron chi connectivity index (χ0n) is 16.8. The molecular weight excluding hydrogens is 468 g/mol. The van der Waals surface area contributed by atoms with Gasteiger partial charge in [-0.1, -0.05) is 17.7 Å². The Bertz CT molecular complexity index is 787. The van der Waals surface area contributed by atoms with Crippen LogP contribution in [-0.2, 0) is 20.8 Å². The highest BCUT2D eigenvalue weighted by Gasteiger charge is 2.60. The fourth-order valence-corrected chi connectivity index (χ4v) is 3.92. The highest BCUT2D eigenvalue weighted by molar-refractivity contribution is 6.31. The lowest BCUT2D eigenvalue weighted by Gasteiger charge is -2.37. The van der Waals surface area contributed by atoms with E-state index in [-0.39, 0.29) is 19.6 Å². The molecule has 180 valence electrons. The van der Waals surface area contributed by atoms with Gasteiger partial charge in [0, 0.05) is 55.5 Å². The molecule has 1 atom stereocenters. The SMILES string of the molecule is O=C(OC(C(F)(F)F)C(F)(F)F)C1CNCCN1Cc1c(Cl)cccc1N1CCOCC1. The average Bonchev–Trinajstić information content (AvgIpc) is 2.72. The van der Waals surface area contributed by atoms with Crippen molar-refractivity contribution in [2.24, 2.45) is 0 Å². The maximum absolute atomic E-state index is 12.8. The van der Waals surface area contributed by atoms with Crippen LogP contribution in [0.4, 0.5) is 32.0 Å². The minimum absolute atomic E-state index is 0.0521. The van der Waals surface area contributed by atoms with Crippen LogP contribution in [0.15, 0.2) is 18.2 Å². The Morgan fingerprint density at radius 1 is 1.16 bits per heavy atom. The van der Waals surface area contributed by atoms with Gasteiger partial charge in [-0.25, -0.2) is 0 Å². The quantitative estimate of drug-likeness (QED) is 0.507. The number of piperazine rings is 1. The van der Waals surface area contributed by atoms with E-state index in [0.29, 0.717) is 43.4 Å². The smallest absolute Gasteiger partial charge is 0.434 e. The normalized spacial score (nSPS) is 21.1. The lowest BCUT2D eigenvalue weighted by molar-refractivity contribution is -0.314. The number of anilines is 1. The molecule has 0 aliphatic carbocycles. The Balaban J connectivity index is 1.81. The summed E-state index contributed by atoms with van der Waals surface area (Å²) >= 11 is 6.39. The van der Waals surface area contributed by atoms with E-state index in [9.17, 15) is 31.1 Å². The number of benzene rings is 1. The number of morpholine rings is 1. The number of nitrogens with one attached hydrogen (secondary N) is 1. The second kappa shape index (κ2) is 10.0. The molecule has 13 heteroatoms. The second-order valence-electron chi connectivity index (χ2n) is 7.43. The summed E-state index contributed by atoms with van der Waals surface area (Å²) in [4.78, 5) is 15.9. The minimum Gasteiger partial charge on any atom is -0.442 e. The summed E-state index contributed by atoms with van der Waals surface area (Å²) in [6.07, 6.45) is -15.7. The van der Waals surface area contributed by atoms with Crippen LogP contribution in [0.5, 0.6) is 0 Å². The number of rotatable bonds is 5. The first kappa shape index (κ1) is 24.9. The van der Waals surface area contributed by atoms with Gasteiger partial charge in [0.15, 0.2) is 0 Å². The van der Waals surface area contributed by atoms with Crippen LogP contribution in [0.2, 0.25) is 5.02 Å². The van der Waals surface area contributed by atoms with Gasteiger partial charge in [-0.05, 0) is 12.1 Å². The second-order valence-corrected chi connectivity index (χ2v) is 7.83. The van der Waals surface area contributed by atoms with Gasteiger partial charge in [-0.3, -0.25) is 9.69 Å². The van der Waals surface area contributed by atoms with Crippen molar-refractivity contribution in [1.29, 1.82) is 0 Å².